The molecule has 7 heteroatoms. The molecule has 0 aromatic carbocycles. The third-order valence-electron chi connectivity index (χ3n) is 4.68. The number of imidazole rings is 1. The van der Waals surface area contributed by atoms with E-state index in [1.807, 2.05) is 24.9 Å². The number of likely N-dealkylation sites (tertiary alicyclic amines) is 1. The number of carbonyl (C=O) groups is 1. The van der Waals surface area contributed by atoms with Gasteiger partial charge in [0.15, 0.2) is 0 Å². The van der Waals surface area contributed by atoms with Crippen LogP contribution in [0.5, 0.6) is 5.88 Å². The maximum Gasteiger partial charge on any atom is 0.259 e. The molecule has 23 heavy (non-hydrogen) atoms. The van der Waals surface area contributed by atoms with Gasteiger partial charge in [-0.1, -0.05) is 0 Å². The van der Waals surface area contributed by atoms with Gasteiger partial charge in [-0.25, -0.2) is 9.97 Å². The van der Waals surface area contributed by atoms with E-state index in [4.69, 9.17) is 4.74 Å². The van der Waals surface area contributed by atoms with E-state index in [0.29, 0.717) is 11.4 Å². The van der Waals surface area contributed by atoms with Gasteiger partial charge in [-0.2, -0.15) is 0 Å². The molecule has 0 radical (unpaired) electrons. The lowest BCUT2D eigenvalue weighted by molar-refractivity contribution is 0.0680. The molecule has 2 aromatic heterocycles. The van der Waals surface area contributed by atoms with Crippen molar-refractivity contribution in [2.45, 2.75) is 18.7 Å². The predicted octanol–water partition coefficient (Wildman–Crippen LogP) is 0.532. The Balaban J connectivity index is 1.58. The average molecular weight is 313 g/mol. The zero-order valence-corrected chi connectivity index (χ0v) is 13.2. The molecular formula is C16H19N5O2. The molecule has 4 rings (SSSR count). The highest BCUT2D eigenvalue weighted by atomic mass is 16.5. The number of pyridine rings is 1. The number of rotatable bonds is 2. The summed E-state index contributed by atoms with van der Waals surface area (Å²) in [4.78, 5) is 25.3. The Hall–Kier alpha value is -2.41. The first-order valence-corrected chi connectivity index (χ1v) is 7.71. The van der Waals surface area contributed by atoms with Crippen LogP contribution in [-0.2, 0) is 13.6 Å². The van der Waals surface area contributed by atoms with Crippen molar-refractivity contribution < 1.29 is 9.53 Å². The van der Waals surface area contributed by atoms with E-state index >= 15 is 0 Å². The van der Waals surface area contributed by atoms with E-state index in [1.165, 1.54) is 0 Å². The van der Waals surface area contributed by atoms with Gasteiger partial charge in [-0.05, 0) is 12.1 Å². The summed E-state index contributed by atoms with van der Waals surface area (Å²) in [6, 6.07) is 3.56. The van der Waals surface area contributed by atoms with Crippen molar-refractivity contribution in [3.8, 4) is 5.88 Å². The normalized spacial score (nSPS) is 24.1. The zero-order chi connectivity index (χ0) is 16.0. The van der Waals surface area contributed by atoms with Crippen LogP contribution in [0.4, 0.5) is 0 Å². The van der Waals surface area contributed by atoms with Crippen LogP contribution >= 0.6 is 0 Å². The molecule has 2 atom stereocenters. The fourth-order valence-electron chi connectivity index (χ4n) is 3.33. The van der Waals surface area contributed by atoms with E-state index in [2.05, 4.69) is 14.9 Å². The lowest BCUT2D eigenvalue weighted by Crippen LogP contribution is -2.44. The topological polar surface area (TPSA) is 63.5 Å². The van der Waals surface area contributed by atoms with Crippen molar-refractivity contribution >= 4 is 5.91 Å². The Morgan fingerprint density at radius 1 is 1.26 bits per heavy atom. The molecule has 2 aliphatic heterocycles. The van der Waals surface area contributed by atoms with E-state index in [1.54, 1.807) is 29.4 Å². The Labute approximate surface area is 134 Å². The minimum absolute atomic E-state index is 0.0250. The summed E-state index contributed by atoms with van der Waals surface area (Å²) in [5.41, 5.74) is 0.542. The smallest absolute Gasteiger partial charge is 0.259 e. The standard InChI is InChI=1S/C16H19N5O2/c1-19-7-6-17-14(19)10-21-8-12-13(9-21)23-15-11(4-3-5-18-15)16(22)20(12)2/h3-7,12-13H,8-10H2,1-2H3/t12-,13+/m1/s1. The van der Waals surface area contributed by atoms with Crippen LogP contribution in [0.25, 0.3) is 0 Å². The number of hydrogen-bond donors (Lipinski definition) is 0. The van der Waals surface area contributed by atoms with Gasteiger partial charge >= 0.3 is 0 Å². The highest BCUT2D eigenvalue weighted by molar-refractivity contribution is 5.96. The maximum atomic E-state index is 12.6. The van der Waals surface area contributed by atoms with Gasteiger partial charge in [0.1, 0.15) is 17.5 Å². The van der Waals surface area contributed by atoms with Gasteiger partial charge in [-0.3, -0.25) is 9.69 Å². The van der Waals surface area contributed by atoms with Gasteiger partial charge in [-0.15, -0.1) is 0 Å². The number of fused-ring (bicyclic) bond motifs is 2. The second-order valence-electron chi connectivity index (χ2n) is 6.14. The molecule has 120 valence electrons. The van der Waals surface area contributed by atoms with Crippen molar-refractivity contribution in [1.82, 2.24) is 24.3 Å². The Bertz CT molecular complexity index is 744. The summed E-state index contributed by atoms with van der Waals surface area (Å²) >= 11 is 0. The largest absolute Gasteiger partial charge is 0.470 e. The molecule has 2 aromatic rings. The van der Waals surface area contributed by atoms with Crippen molar-refractivity contribution in [2.24, 2.45) is 7.05 Å². The molecule has 0 saturated carbocycles. The molecule has 1 saturated heterocycles. The lowest BCUT2D eigenvalue weighted by atomic mass is 10.2. The second-order valence-corrected chi connectivity index (χ2v) is 6.14. The summed E-state index contributed by atoms with van der Waals surface area (Å²) in [5.74, 6) is 1.42. The third kappa shape index (κ3) is 2.37. The number of aryl methyl sites for hydroxylation is 1. The number of hydrogen-bond acceptors (Lipinski definition) is 5. The number of likely N-dealkylation sites (N-methyl/N-ethyl adjacent to an activating group) is 1. The predicted molar refractivity (Wildman–Crippen MR) is 83.0 cm³/mol. The van der Waals surface area contributed by atoms with E-state index in [-0.39, 0.29) is 18.1 Å². The number of carbonyl (C=O) groups excluding carboxylic acids is 1. The molecule has 0 bridgehead atoms. The van der Waals surface area contributed by atoms with Crippen molar-refractivity contribution in [1.29, 1.82) is 0 Å². The van der Waals surface area contributed by atoms with Crippen molar-refractivity contribution in [3.05, 3.63) is 42.1 Å². The van der Waals surface area contributed by atoms with Crippen LogP contribution in [0.2, 0.25) is 0 Å². The number of nitrogens with zero attached hydrogens (tertiary/aromatic N) is 5. The SMILES string of the molecule is CN1C(=O)c2cccnc2O[C@H]2CN(Cc3nccn3C)C[C@H]21. The molecule has 0 N–H and O–H groups in total. The fourth-order valence-corrected chi connectivity index (χ4v) is 3.33. The summed E-state index contributed by atoms with van der Waals surface area (Å²) in [6.45, 7) is 2.27. The molecule has 4 heterocycles. The summed E-state index contributed by atoms with van der Waals surface area (Å²) in [6.07, 6.45) is 5.33. The monoisotopic (exact) mass is 313 g/mol. The number of amides is 1. The minimum Gasteiger partial charge on any atom is -0.470 e. The van der Waals surface area contributed by atoms with Crippen LogP contribution in [-0.4, -0.2) is 62.5 Å². The van der Waals surface area contributed by atoms with E-state index in [9.17, 15) is 4.79 Å². The lowest BCUT2D eigenvalue weighted by Gasteiger charge is -2.25. The molecule has 1 amide bonds. The Morgan fingerprint density at radius 2 is 2.13 bits per heavy atom. The minimum atomic E-state index is -0.0691. The van der Waals surface area contributed by atoms with Crippen LogP contribution in [0.15, 0.2) is 30.7 Å². The molecule has 0 spiro atoms. The van der Waals surface area contributed by atoms with Crippen molar-refractivity contribution in [2.75, 3.05) is 20.1 Å². The summed E-state index contributed by atoms with van der Waals surface area (Å²) < 4.78 is 8.07. The average Bonchev–Trinajstić information content (AvgIpc) is 3.11. The Kier molecular flexibility index (Phi) is 3.30. The quantitative estimate of drug-likeness (QED) is 0.809. The van der Waals surface area contributed by atoms with Gasteiger partial charge in [0.25, 0.3) is 5.91 Å². The molecular weight excluding hydrogens is 294 g/mol. The van der Waals surface area contributed by atoms with Crippen LogP contribution in [0.3, 0.4) is 0 Å². The number of ether oxygens (including phenoxy) is 1. The zero-order valence-electron chi connectivity index (χ0n) is 13.2. The molecule has 0 aliphatic carbocycles. The molecule has 1 fully saturated rings. The third-order valence-corrected chi connectivity index (χ3v) is 4.68. The van der Waals surface area contributed by atoms with Crippen molar-refractivity contribution in [3.63, 3.8) is 0 Å². The summed E-state index contributed by atoms with van der Waals surface area (Å²) in [5, 5.41) is 0. The summed E-state index contributed by atoms with van der Waals surface area (Å²) in [7, 11) is 3.83. The van der Waals surface area contributed by atoms with Gasteiger partial charge < -0.3 is 14.2 Å². The first-order chi connectivity index (χ1) is 11.1. The van der Waals surface area contributed by atoms with E-state index in [0.717, 1.165) is 25.5 Å². The van der Waals surface area contributed by atoms with Crippen LogP contribution in [0, 0.1) is 0 Å². The molecule has 0 unspecified atom stereocenters. The second kappa shape index (κ2) is 5.34. The van der Waals surface area contributed by atoms with Crippen LogP contribution in [0.1, 0.15) is 16.2 Å². The Morgan fingerprint density at radius 3 is 2.91 bits per heavy atom. The maximum absolute atomic E-state index is 12.6. The van der Waals surface area contributed by atoms with Crippen LogP contribution < -0.4 is 4.74 Å². The first-order valence-electron chi connectivity index (χ1n) is 7.71. The first kappa shape index (κ1) is 14.2. The van der Waals surface area contributed by atoms with Gasteiger partial charge in [0, 0.05) is 45.8 Å². The highest BCUT2D eigenvalue weighted by Gasteiger charge is 2.42. The number of aromatic nitrogens is 3. The molecule has 7 nitrogen and oxygen atoms in total. The van der Waals surface area contributed by atoms with Gasteiger partial charge in [0.05, 0.1) is 12.6 Å². The van der Waals surface area contributed by atoms with E-state index < -0.39 is 0 Å². The van der Waals surface area contributed by atoms with Gasteiger partial charge in [0.2, 0.25) is 5.88 Å². The fraction of sp³-hybridized carbons (Fsp3) is 0.438. The highest BCUT2D eigenvalue weighted by Crippen LogP contribution is 2.29. The molecule has 2 aliphatic rings.